The Labute approximate surface area is 374 Å². The number of ether oxygens (including phenoxy) is 1. The number of anilines is 2. The van der Waals surface area contributed by atoms with Crippen LogP contribution in [0.2, 0.25) is 0 Å². The molecule has 9 rings (SSSR count). The molecule has 0 radical (unpaired) electrons. The topological polar surface area (TPSA) is 187 Å². The lowest BCUT2D eigenvalue weighted by Crippen LogP contribution is -2.47. The minimum atomic E-state index is -2.87. The number of amides is 3. The molecule has 1 unspecified atom stereocenters. The third-order valence-electron chi connectivity index (χ3n) is 13.3. The maximum absolute atomic E-state index is 14.2. The predicted molar refractivity (Wildman–Crippen MR) is 238 cm³/mol. The number of imidazole rings is 1. The zero-order valence-corrected chi connectivity index (χ0v) is 36.9. The third kappa shape index (κ3) is 10.4. The number of fused-ring (bicyclic) bond motifs is 1. The largest absolute Gasteiger partial charge is 0.444 e. The molecule has 3 amide bonds. The molecular weight excluding hydrogens is 841 g/mol. The summed E-state index contributed by atoms with van der Waals surface area (Å²) in [6.07, 6.45) is 9.71. The zero-order chi connectivity index (χ0) is 45.2. The van der Waals surface area contributed by atoms with Crippen LogP contribution in [-0.2, 0) is 27.8 Å². The Kier molecular flexibility index (Phi) is 13.2. The van der Waals surface area contributed by atoms with Gasteiger partial charge in [-0.25, -0.2) is 23.5 Å². The van der Waals surface area contributed by atoms with E-state index in [9.17, 15) is 28.0 Å². The van der Waals surface area contributed by atoms with Crippen LogP contribution >= 0.6 is 0 Å². The van der Waals surface area contributed by atoms with Crippen molar-refractivity contribution < 1.29 is 32.3 Å². The van der Waals surface area contributed by atoms with Crippen LogP contribution in [0, 0.1) is 11.8 Å². The summed E-state index contributed by atoms with van der Waals surface area (Å²) in [6, 6.07) is 8.73. The van der Waals surface area contributed by atoms with Crippen molar-refractivity contribution in [2.24, 2.45) is 18.9 Å². The minimum absolute atomic E-state index is 0.0309. The van der Waals surface area contributed by atoms with E-state index in [1.165, 1.54) is 29.9 Å². The van der Waals surface area contributed by atoms with Gasteiger partial charge in [-0.1, -0.05) is 6.07 Å². The maximum atomic E-state index is 14.2. The van der Waals surface area contributed by atoms with Gasteiger partial charge in [0.2, 0.25) is 17.7 Å². The summed E-state index contributed by atoms with van der Waals surface area (Å²) in [7, 11) is 3.84. The van der Waals surface area contributed by atoms with E-state index in [1.54, 1.807) is 34.6 Å². The number of pyridine rings is 1. The molecule has 4 aliphatic rings. The second-order valence-corrected chi connectivity index (χ2v) is 18.2. The molecule has 4 fully saturated rings. The molecule has 2 saturated carbocycles. The monoisotopic (exact) mass is 897 g/mol. The number of alkyl halides is 2. The standard InChI is InChI=1S/C46H57F2N11O6/c1-55(24-33-25-57(18-19-64-33)17-3-4-28-9-12-36-38(20-28)56(2)46(63)59(36)37-13-14-40(60)53-44(37)62)23-30-7-10-32(11-8-30)58-26-34(41(54-58)42(47)48)51-43(61)35-27-65-45(52-35)31-15-16-49-39(21-31)50-22-29-5-6-29/h9,12,15-16,20-21,26-27,29-30,32-33,37,42H,3-8,10-11,13-14,17-19,22-25H2,1-2H3,(H,49,50)(H,51,61)(H,53,60,62)/t30-,32+,33-,37?/m1/s1. The molecule has 65 heavy (non-hydrogen) atoms. The summed E-state index contributed by atoms with van der Waals surface area (Å²) in [5.74, 6) is 0.621. The van der Waals surface area contributed by atoms with E-state index in [1.807, 2.05) is 18.2 Å². The van der Waals surface area contributed by atoms with Crippen molar-refractivity contribution >= 4 is 40.3 Å². The molecule has 3 N–H and O–H groups in total. The summed E-state index contributed by atoms with van der Waals surface area (Å²) in [5, 5.41) is 12.5. The van der Waals surface area contributed by atoms with E-state index in [0.717, 1.165) is 88.9 Å². The van der Waals surface area contributed by atoms with Crippen molar-refractivity contribution in [1.29, 1.82) is 0 Å². The summed E-state index contributed by atoms with van der Waals surface area (Å²) in [4.78, 5) is 64.1. The van der Waals surface area contributed by atoms with E-state index in [4.69, 9.17) is 9.15 Å². The van der Waals surface area contributed by atoms with Gasteiger partial charge in [0.25, 0.3) is 12.3 Å². The maximum Gasteiger partial charge on any atom is 0.329 e. The van der Waals surface area contributed by atoms with Crippen LogP contribution in [0.1, 0.15) is 98.0 Å². The van der Waals surface area contributed by atoms with Gasteiger partial charge in [-0.2, -0.15) is 5.10 Å². The van der Waals surface area contributed by atoms with Crippen LogP contribution in [-0.4, -0.2) is 115 Å². The number of nitrogens with zero attached hydrogens (tertiary/aromatic N) is 8. The second-order valence-electron chi connectivity index (χ2n) is 18.2. The average Bonchev–Trinajstić information content (AvgIpc) is 3.71. The molecule has 17 nitrogen and oxygen atoms in total. The van der Waals surface area contributed by atoms with Crippen LogP contribution in [0.4, 0.5) is 20.3 Å². The van der Waals surface area contributed by atoms with Gasteiger partial charge in [0, 0.05) is 64.1 Å². The van der Waals surface area contributed by atoms with E-state index < -0.39 is 30.0 Å². The van der Waals surface area contributed by atoms with Gasteiger partial charge >= 0.3 is 5.69 Å². The first-order chi connectivity index (χ1) is 31.4. The first-order valence-corrected chi connectivity index (χ1v) is 22.9. The molecule has 2 saturated heterocycles. The normalized spacial score (nSPS) is 21.9. The van der Waals surface area contributed by atoms with Crippen molar-refractivity contribution in [3.63, 3.8) is 0 Å². The van der Waals surface area contributed by atoms with Crippen LogP contribution in [0.15, 0.2) is 58.2 Å². The molecule has 5 aromatic rings. The number of aromatic nitrogens is 6. The molecule has 6 heterocycles. The Bertz CT molecular complexity index is 2570. The summed E-state index contributed by atoms with van der Waals surface area (Å²) < 4.78 is 44.9. The van der Waals surface area contributed by atoms with E-state index in [0.29, 0.717) is 41.8 Å². The number of halogens is 2. The Morgan fingerprint density at radius 3 is 2.62 bits per heavy atom. The summed E-state index contributed by atoms with van der Waals surface area (Å²) in [6.45, 7) is 5.85. The van der Waals surface area contributed by atoms with Crippen molar-refractivity contribution in [3.05, 3.63) is 76.4 Å². The molecule has 0 bridgehead atoms. The molecule has 2 aliphatic heterocycles. The molecule has 19 heteroatoms. The van der Waals surface area contributed by atoms with Gasteiger partial charge in [0.15, 0.2) is 11.4 Å². The van der Waals surface area contributed by atoms with Gasteiger partial charge in [-0.05, 0) is 113 Å². The number of benzene rings is 1. The Morgan fingerprint density at radius 1 is 1.02 bits per heavy atom. The van der Waals surface area contributed by atoms with Crippen LogP contribution in [0.25, 0.3) is 22.5 Å². The average molecular weight is 898 g/mol. The number of carbonyl (C=O) groups is 3. The third-order valence-corrected chi connectivity index (χ3v) is 13.3. The van der Waals surface area contributed by atoms with Crippen molar-refractivity contribution in [3.8, 4) is 11.5 Å². The lowest BCUT2D eigenvalue weighted by atomic mass is 9.86. The molecule has 0 spiro atoms. The highest BCUT2D eigenvalue weighted by Gasteiger charge is 2.32. The smallest absolute Gasteiger partial charge is 0.329 e. The molecule has 4 aromatic heterocycles. The van der Waals surface area contributed by atoms with Gasteiger partial charge < -0.3 is 24.7 Å². The quantitative estimate of drug-likeness (QED) is 0.0987. The van der Waals surface area contributed by atoms with E-state index in [-0.39, 0.29) is 47.4 Å². The number of hydrogen-bond acceptors (Lipinski definition) is 12. The Balaban J connectivity index is 0.720. The molecule has 1 aromatic carbocycles. The first kappa shape index (κ1) is 44.4. The number of rotatable bonds is 17. The predicted octanol–water partition coefficient (Wildman–Crippen LogP) is 5.57. The number of hydrogen-bond donors (Lipinski definition) is 3. The number of likely N-dealkylation sites (N-methyl/N-ethyl adjacent to an activating group) is 1. The van der Waals surface area contributed by atoms with Gasteiger partial charge in [0.05, 0.1) is 35.5 Å². The van der Waals surface area contributed by atoms with Crippen LogP contribution in [0.5, 0.6) is 0 Å². The SMILES string of the molecule is CN(C[C@@H]1CN(CCCc2ccc3c(c2)n(C)c(=O)n3C2CCC(=O)NC2=O)CCO1)C[C@H]1CC[C@@H](n2cc(NC(=O)c3coc(-c4ccnc(NCC5CC5)c4)n3)c(C(F)F)n2)CC1. The van der Waals surface area contributed by atoms with Crippen LogP contribution in [0.3, 0.4) is 0 Å². The van der Waals surface area contributed by atoms with Gasteiger partial charge in [-0.15, -0.1) is 0 Å². The summed E-state index contributed by atoms with van der Waals surface area (Å²) >= 11 is 0. The number of morpholine rings is 1. The van der Waals surface area contributed by atoms with Gasteiger partial charge in [0.1, 0.15) is 18.1 Å². The molecule has 2 atom stereocenters. The van der Waals surface area contributed by atoms with Crippen LogP contribution < -0.4 is 21.6 Å². The Hall–Kier alpha value is -5.79. The fourth-order valence-electron chi connectivity index (χ4n) is 9.63. The number of nitrogens with one attached hydrogen (secondary N) is 3. The number of oxazole rings is 1. The number of carbonyl (C=O) groups excluding carboxylic acids is 3. The highest BCUT2D eigenvalue weighted by Crippen LogP contribution is 2.36. The number of imide groups is 1. The highest BCUT2D eigenvalue weighted by molar-refractivity contribution is 6.03. The minimum Gasteiger partial charge on any atom is -0.444 e. The lowest BCUT2D eigenvalue weighted by Gasteiger charge is -2.36. The van der Waals surface area contributed by atoms with Gasteiger partial charge in [-0.3, -0.25) is 38.4 Å². The van der Waals surface area contributed by atoms with E-state index in [2.05, 4.69) is 47.9 Å². The number of piperidine rings is 1. The fourth-order valence-corrected chi connectivity index (χ4v) is 9.63. The lowest BCUT2D eigenvalue weighted by molar-refractivity contribution is -0.135. The van der Waals surface area contributed by atoms with Crippen molar-refractivity contribution in [2.45, 2.75) is 88.8 Å². The zero-order valence-electron chi connectivity index (χ0n) is 36.9. The fraction of sp³-hybridized carbons (Fsp3) is 0.543. The first-order valence-electron chi connectivity index (χ1n) is 22.9. The van der Waals surface area contributed by atoms with E-state index >= 15 is 0 Å². The Morgan fingerprint density at radius 2 is 1.83 bits per heavy atom. The molecule has 346 valence electrons. The summed E-state index contributed by atoms with van der Waals surface area (Å²) in [5.41, 5.74) is 2.40. The second kappa shape index (κ2) is 19.4. The molecular formula is C46H57F2N11O6. The van der Waals surface area contributed by atoms with Crippen molar-refractivity contribution in [1.82, 2.24) is 44.0 Å². The highest BCUT2D eigenvalue weighted by atomic mass is 19.3. The number of aryl methyl sites for hydroxylation is 2. The molecule has 2 aliphatic carbocycles. The van der Waals surface area contributed by atoms with Crippen molar-refractivity contribution in [2.75, 3.05) is 63.6 Å².